The Morgan fingerprint density at radius 3 is 2.50 bits per heavy atom. The van der Waals surface area contributed by atoms with E-state index in [1.165, 1.54) is 63.1 Å². The van der Waals surface area contributed by atoms with Crippen molar-refractivity contribution in [2.45, 2.75) is 88.0 Å². The standard InChI is InChI=1S/C16H28N4OS/c1-2-3-4-5-6-7-8-9-10-13-11-12-14(15(13)21)22-16-17-19-20-18-16/h13-14H,2-12H2,1H3,(H,17,18,19,20). The van der Waals surface area contributed by atoms with Gasteiger partial charge in [-0.2, -0.15) is 5.21 Å². The molecule has 1 saturated carbocycles. The van der Waals surface area contributed by atoms with Crippen molar-refractivity contribution in [3.63, 3.8) is 0 Å². The third-order valence-corrected chi connectivity index (χ3v) is 5.61. The Balaban J connectivity index is 1.54. The van der Waals surface area contributed by atoms with E-state index in [1.807, 2.05) is 0 Å². The highest BCUT2D eigenvalue weighted by atomic mass is 32.2. The summed E-state index contributed by atoms with van der Waals surface area (Å²) in [5.41, 5.74) is 0. The Morgan fingerprint density at radius 1 is 1.09 bits per heavy atom. The Labute approximate surface area is 137 Å². The highest BCUT2D eigenvalue weighted by Gasteiger charge is 2.34. The first-order valence-corrected chi connectivity index (χ1v) is 9.63. The first-order valence-electron chi connectivity index (χ1n) is 8.75. The number of thioether (sulfide) groups is 1. The molecule has 0 spiro atoms. The molecule has 0 radical (unpaired) electrons. The van der Waals surface area contributed by atoms with Gasteiger partial charge < -0.3 is 0 Å². The van der Waals surface area contributed by atoms with Gasteiger partial charge in [-0.15, -0.1) is 10.2 Å². The summed E-state index contributed by atoms with van der Waals surface area (Å²) in [4.78, 5) is 12.4. The fraction of sp³-hybridized carbons (Fsp3) is 0.875. The predicted molar refractivity (Wildman–Crippen MR) is 88.8 cm³/mol. The molecule has 1 aromatic rings. The second-order valence-corrected chi connectivity index (χ2v) is 7.41. The van der Waals surface area contributed by atoms with Crippen molar-refractivity contribution >= 4 is 17.5 Å². The molecule has 2 atom stereocenters. The number of nitrogens with zero attached hydrogens (tertiary/aromatic N) is 3. The molecule has 124 valence electrons. The van der Waals surface area contributed by atoms with E-state index in [0.29, 0.717) is 10.9 Å². The van der Waals surface area contributed by atoms with Crippen LogP contribution in [0.15, 0.2) is 5.16 Å². The van der Waals surface area contributed by atoms with Crippen LogP contribution in [0.3, 0.4) is 0 Å². The van der Waals surface area contributed by atoms with Crippen LogP contribution in [0, 0.1) is 5.92 Å². The molecule has 0 bridgehead atoms. The zero-order chi connectivity index (χ0) is 15.6. The van der Waals surface area contributed by atoms with Crippen LogP contribution in [0.4, 0.5) is 0 Å². The molecular weight excluding hydrogens is 296 g/mol. The van der Waals surface area contributed by atoms with Crippen LogP contribution in [0.25, 0.3) is 0 Å². The van der Waals surface area contributed by atoms with Crippen LogP contribution in [-0.4, -0.2) is 31.7 Å². The van der Waals surface area contributed by atoms with Crippen molar-refractivity contribution in [1.82, 2.24) is 20.6 Å². The minimum atomic E-state index is 0.0386. The van der Waals surface area contributed by atoms with E-state index in [9.17, 15) is 4.79 Å². The summed E-state index contributed by atoms with van der Waals surface area (Å²) < 4.78 is 0. The number of H-pyrrole nitrogens is 1. The molecule has 1 heterocycles. The number of aromatic amines is 1. The number of hydrogen-bond donors (Lipinski definition) is 1. The Bertz CT molecular complexity index is 424. The number of carbonyl (C=O) groups is 1. The number of hydrogen-bond acceptors (Lipinski definition) is 5. The molecule has 5 nitrogen and oxygen atoms in total. The van der Waals surface area contributed by atoms with Gasteiger partial charge in [-0.05, 0) is 24.5 Å². The molecular formula is C16H28N4OS. The largest absolute Gasteiger partial charge is 0.298 e. The highest BCUT2D eigenvalue weighted by molar-refractivity contribution is 8.00. The summed E-state index contributed by atoms with van der Waals surface area (Å²) in [6.07, 6.45) is 13.7. The summed E-state index contributed by atoms with van der Waals surface area (Å²) in [6, 6.07) is 0. The molecule has 1 aliphatic carbocycles. The van der Waals surface area contributed by atoms with Crippen molar-refractivity contribution in [1.29, 1.82) is 0 Å². The zero-order valence-electron chi connectivity index (χ0n) is 13.6. The normalized spacial score (nSPS) is 21.6. The average molecular weight is 324 g/mol. The van der Waals surface area contributed by atoms with Crippen LogP contribution in [0.5, 0.6) is 0 Å². The average Bonchev–Trinajstić information content (AvgIpc) is 3.15. The van der Waals surface area contributed by atoms with E-state index >= 15 is 0 Å². The van der Waals surface area contributed by atoms with Gasteiger partial charge in [0.25, 0.3) is 0 Å². The van der Waals surface area contributed by atoms with Crippen molar-refractivity contribution in [3.8, 4) is 0 Å². The second kappa shape index (κ2) is 9.98. The fourth-order valence-electron chi connectivity index (χ4n) is 3.16. The molecule has 1 aromatic heterocycles. The minimum Gasteiger partial charge on any atom is -0.298 e. The van der Waals surface area contributed by atoms with Crippen LogP contribution in [0.2, 0.25) is 0 Å². The monoisotopic (exact) mass is 324 g/mol. The molecule has 1 aliphatic rings. The lowest BCUT2D eigenvalue weighted by Crippen LogP contribution is -2.16. The zero-order valence-corrected chi connectivity index (χ0v) is 14.4. The first kappa shape index (κ1) is 17.4. The number of tetrazole rings is 1. The maximum Gasteiger partial charge on any atom is 0.231 e. The Morgan fingerprint density at radius 2 is 1.82 bits per heavy atom. The van der Waals surface area contributed by atoms with Crippen LogP contribution in [-0.2, 0) is 4.79 Å². The number of Topliss-reactive ketones (excluding diaryl/α,β-unsaturated/α-hetero) is 1. The summed E-state index contributed by atoms with van der Waals surface area (Å²) in [5.74, 6) is 0.669. The van der Waals surface area contributed by atoms with Crippen molar-refractivity contribution in [2.75, 3.05) is 0 Å². The van der Waals surface area contributed by atoms with E-state index in [0.717, 1.165) is 19.3 Å². The summed E-state index contributed by atoms with van der Waals surface area (Å²) >= 11 is 1.46. The van der Waals surface area contributed by atoms with Gasteiger partial charge in [0.15, 0.2) is 0 Å². The SMILES string of the molecule is CCCCCCCCCCC1CCC(Sc2nn[nH]n2)C1=O. The lowest BCUT2D eigenvalue weighted by Gasteiger charge is -2.09. The van der Waals surface area contributed by atoms with Gasteiger partial charge in [-0.1, -0.05) is 70.1 Å². The summed E-state index contributed by atoms with van der Waals surface area (Å²) in [7, 11) is 0. The molecule has 6 heteroatoms. The minimum absolute atomic E-state index is 0.0386. The van der Waals surface area contributed by atoms with Gasteiger partial charge in [-0.25, -0.2) is 0 Å². The third kappa shape index (κ3) is 5.71. The number of unbranched alkanes of at least 4 members (excludes halogenated alkanes) is 7. The van der Waals surface area contributed by atoms with Gasteiger partial charge in [0.2, 0.25) is 5.16 Å². The molecule has 2 unspecified atom stereocenters. The van der Waals surface area contributed by atoms with Gasteiger partial charge in [0.1, 0.15) is 5.78 Å². The van der Waals surface area contributed by atoms with Crippen molar-refractivity contribution in [2.24, 2.45) is 5.92 Å². The maximum absolute atomic E-state index is 12.4. The summed E-state index contributed by atoms with van der Waals surface area (Å²) in [5, 5.41) is 14.4. The molecule has 1 N–H and O–H groups in total. The molecule has 22 heavy (non-hydrogen) atoms. The number of aromatic nitrogens is 4. The van der Waals surface area contributed by atoms with Gasteiger partial charge >= 0.3 is 0 Å². The van der Waals surface area contributed by atoms with Crippen molar-refractivity contribution in [3.05, 3.63) is 0 Å². The van der Waals surface area contributed by atoms with Crippen LogP contribution >= 0.6 is 11.8 Å². The van der Waals surface area contributed by atoms with Crippen molar-refractivity contribution < 1.29 is 4.79 Å². The quantitative estimate of drug-likeness (QED) is 0.618. The van der Waals surface area contributed by atoms with Gasteiger partial charge in [-0.3, -0.25) is 4.79 Å². The number of rotatable bonds is 11. The molecule has 0 amide bonds. The third-order valence-electron chi connectivity index (χ3n) is 4.48. The lowest BCUT2D eigenvalue weighted by atomic mass is 9.98. The van der Waals surface area contributed by atoms with E-state index < -0.39 is 0 Å². The maximum atomic E-state index is 12.4. The number of carbonyl (C=O) groups excluding carboxylic acids is 1. The van der Waals surface area contributed by atoms with Crippen LogP contribution in [0.1, 0.15) is 77.6 Å². The molecule has 0 aromatic carbocycles. The van der Waals surface area contributed by atoms with Gasteiger partial charge in [0, 0.05) is 5.92 Å². The van der Waals surface area contributed by atoms with E-state index in [4.69, 9.17) is 0 Å². The smallest absolute Gasteiger partial charge is 0.231 e. The first-order chi connectivity index (χ1) is 10.8. The molecule has 2 rings (SSSR count). The molecule has 0 aliphatic heterocycles. The van der Waals surface area contributed by atoms with Crippen LogP contribution < -0.4 is 0 Å². The number of nitrogens with one attached hydrogen (secondary N) is 1. The van der Waals surface area contributed by atoms with E-state index in [1.54, 1.807) is 0 Å². The lowest BCUT2D eigenvalue weighted by molar-refractivity contribution is -0.120. The summed E-state index contributed by atoms with van der Waals surface area (Å²) in [6.45, 7) is 2.25. The second-order valence-electron chi connectivity index (χ2n) is 6.24. The molecule has 1 fully saturated rings. The Kier molecular flexibility index (Phi) is 7.91. The molecule has 0 saturated heterocycles. The predicted octanol–water partition coefficient (Wildman–Crippen LogP) is 4.17. The number of ketones is 1. The topological polar surface area (TPSA) is 71.5 Å². The van der Waals surface area contributed by atoms with E-state index in [-0.39, 0.29) is 11.2 Å². The highest BCUT2D eigenvalue weighted by Crippen LogP contribution is 2.35. The van der Waals surface area contributed by atoms with Gasteiger partial charge in [0.05, 0.1) is 5.25 Å². The fourth-order valence-corrected chi connectivity index (χ4v) is 4.16. The van der Waals surface area contributed by atoms with E-state index in [2.05, 4.69) is 27.5 Å². The Hall–Kier alpha value is -0.910.